The largest absolute Gasteiger partial charge is 0.740 e. The van der Waals surface area contributed by atoms with Gasteiger partial charge in [-0.1, -0.05) is 6.07 Å². The number of nitro groups is 1. The van der Waals surface area contributed by atoms with Crippen LogP contribution >= 0.6 is 0 Å². The molecule has 70 valence electrons. The summed E-state index contributed by atoms with van der Waals surface area (Å²) in [6.45, 7) is 0. The molecule has 0 aromatic heterocycles. The Morgan fingerprint density at radius 1 is 1.46 bits per heavy atom. The van der Waals surface area contributed by atoms with Crippen molar-refractivity contribution in [3.63, 3.8) is 0 Å². The Kier molecular flexibility index (Phi) is 2.93. The monoisotopic (exact) mass is 202 g/mol. The van der Waals surface area contributed by atoms with Gasteiger partial charge in [0.1, 0.15) is 17.1 Å². The molecule has 0 heterocycles. The van der Waals surface area contributed by atoms with E-state index in [1.165, 1.54) is 18.2 Å². The number of hydrogen-bond donors (Lipinski definition) is 0. The maximum atomic E-state index is 10.2. The molecule has 1 atom stereocenters. The Bertz CT molecular complexity index is 353. The quantitative estimate of drug-likeness (QED) is 0.410. The van der Waals surface area contributed by atoms with E-state index >= 15 is 0 Å². The van der Waals surface area contributed by atoms with E-state index in [2.05, 4.69) is 4.18 Å². The number of benzene rings is 1. The number of non-ortho nitro benzene ring substituents is 1. The average molecular weight is 202 g/mol. The fourth-order valence-electron chi connectivity index (χ4n) is 0.727. The van der Waals surface area contributed by atoms with Crippen molar-refractivity contribution in [2.45, 2.75) is 0 Å². The van der Waals surface area contributed by atoms with Crippen molar-refractivity contribution in [1.29, 1.82) is 0 Å². The molecule has 1 aromatic carbocycles. The molecule has 1 rings (SSSR count). The minimum absolute atomic E-state index is 0.0810. The normalized spacial score (nSPS) is 12.1. The summed E-state index contributed by atoms with van der Waals surface area (Å²) in [7, 11) is 0. The summed E-state index contributed by atoms with van der Waals surface area (Å²) in [5, 5.41) is 10.2. The lowest BCUT2D eigenvalue weighted by atomic mass is 10.3. The van der Waals surface area contributed by atoms with E-state index in [0.29, 0.717) is 0 Å². The Morgan fingerprint density at radius 3 is 2.69 bits per heavy atom. The summed E-state index contributed by atoms with van der Waals surface area (Å²) in [4.78, 5) is 9.60. The zero-order valence-electron chi connectivity index (χ0n) is 6.21. The lowest BCUT2D eigenvalue weighted by molar-refractivity contribution is -0.384. The Morgan fingerprint density at radius 2 is 2.15 bits per heavy atom. The van der Waals surface area contributed by atoms with E-state index in [1.54, 1.807) is 0 Å². The Balaban J connectivity index is 2.91. The highest BCUT2D eigenvalue weighted by molar-refractivity contribution is 7.74. The second-order valence-electron chi connectivity index (χ2n) is 2.04. The van der Waals surface area contributed by atoms with Gasteiger partial charge in [-0.25, -0.2) is 4.21 Å². The SMILES string of the molecule is O=[N+]([O-])c1cccc(OS(=O)[O-])c1. The van der Waals surface area contributed by atoms with Crippen molar-refractivity contribution < 1.29 is 17.9 Å². The van der Waals surface area contributed by atoms with Crippen molar-refractivity contribution in [1.82, 2.24) is 0 Å². The molecular formula is C6H4NO5S-. The van der Waals surface area contributed by atoms with Crippen LogP contribution in [0.4, 0.5) is 5.69 Å². The molecule has 0 saturated heterocycles. The first-order valence-electron chi connectivity index (χ1n) is 3.11. The highest BCUT2D eigenvalue weighted by atomic mass is 32.2. The van der Waals surface area contributed by atoms with Gasteiger partial charge in [-0.05, 0) is 6.07 Å². The molecule has 0 aliphatic heterocycles. The molecule has 0 aliphatic carbocycles. The molecular weight excluding hydrogens is 198 g/mol. The van der Waals surface area contributed by atoms with Crippen LogP contribution < -0.4 is 4.18 Å². The third-order valence-electron chi connectivity index (χ3n) is 1.19. The van der Waals surface area contributed by atoms with Crippen LogP contribution in [0.25, 0.3) is 0 Å². The van der Waals surface area contributed by atoms with Crippen LogP contribution in [0.15, 0.2) is 24.3 Å². The fourth-order valence-corrected chi connectivity index (χ4v) is 0.988. The van der Waals surface area contributed by atoms with Crippen LogP contribution in [-0.2, 0) is 11.4 Å². The number of nitro benzene ring substituents is 1. The molecule has 0 fully saturated rings. The smallest absolute Gasteiger partial charge is 0.273 e. The molecule has 0 aliphatic rings. The van der Waals surface area contributed by atoms with E-state index in [9.17, 15) is 18.9 Å². The van der Waals surface area contributed by atoms with Gasteiger partial charge in [0.05, 0.1) is 11.0 Å². The van der Waals surface area contributed by atoms with Crippen molar-refractivity contribution in [2.24, 2.45) is 0 Å². The number of hydrogen-bond acceptors (Lipinski definition) is 5. The van der Waals surface area contributed by atoms with Gasteiger partial charge in [0.15, 0.2) is 0 Å². The molecule has 7 heteroatoms. The van der Waals surface area contributed by atoms with Gasteiger partial charge in [0.25, 0.3) is 5.69 Å². The predicted octanol–water partition coefficient (Wildman–Crippen LogP) is 0.768. The van der Waals surface area contributed by atoms with Crippen LogP contribution in [0.1, 0.15) is 0 Å². The van der Waals surface area contributed by atoms with Crippen molar-refractivity contribution in [3.05, 3.63) is 34.4 Å². The van der Waals surface area contributed by atoms with E-state index in [0.717, 1.165) is 6.07 Å². The van der Waals surface area contributed by atoms with Crippen molar-refractivity contribution >= 4 is 17.0 Å². The molecule has 1 unspecified atom stereocenters. The van der Waals surface area contributed by atoms with Gasteiger partial charge < -0.3 is 8.74 Å². The van der Waals surface area contributed by atoms with Crippen LogP contribution in [0.2, 0.25) is 0 Å². The van der Waals surface area contributed by atoms with Gasteiger partial charge >= 0.3 is 0 Å². The summed E-state index contributed by atoms with van der Waals surface area (Å²) in [5.41, 5.74) is -0.219. The maximum absolute atomic E-state index is 10.2. The van der Waals surface area contributed by atoms with Gasteiger partial charge in [-0.2, -0.15) is 0 Å². The second-order valence-corrected chi connectivity index (χ2v) is 2.62. The first-order chi connectivity index (χ1) is 6.09. The average Bonchev–Trinajstić information content (AvgIpc) is 2.03. The van der Waals surface area contributed by atoms with Gasteiger partial charge in [0, 0.05) is 6.07 Å². The highest BCUT2D eigenvalue weighted by Crippen LogP contribution is 2.19. The summed E-state index contributed by atoms with van der Waals surface area (Å²) >= 11 is -2.71. The predicted molar refractivity (Wildman–Crippen MR) is 42.6 cm³/mol. The Hall–Kier alpha value is -1.47. The first kappa shape index (κ1) is 9.62. The molecule has 0 amide bonds. The standard InChI is InChI=1S/C6H5NO5S/c8-7(9)5-2-1-3-6(4-5)12-13(10)11/h1-4H,(H,10,11)/p-1. The summed E-state index contributed by atoms with van der Waals surface area (Å²) in [5.74, 6) is -0.0810. The third kappa shape index (κ3) is 2.80. The van der Waals surface area contributed by atoms with Crippen LogP contribution in [0.3, 0.4) is 0 Å². The van der Waals surface area contributed by atoms with E-state index in [4.69, 9.17) is 0 Å². The minimum atomic E-state index is -2.71. The molecule has 13 heavy (non-hydrogen) atoms. The maximum Gasteiger partial charge on any atom is 0.273 e. The zero-order chi connectivity index (χ0) is 9.84. The topological polar surface area (TPSA) is 92.5 Å². The van der Waals surface area contributed by atoms with Crippen molar-refractivity contribution in [3.8, 4) is 5.75 Å². The molecule has 0 N–H and O–H groups in total. The fraction of sp³-hybridized carbons (Fsp3) is 0. The van der Waals surface area contributed by atoms with E-state index in [1.807, 2.05) is 0 Å². The zero-order valence-corrected chi connectivity index (χ0v) is 7.02. The van der Waals surface area contributed by atoms with Crippen LogP contribution in [-0.4, -0.2) is 13.7 Å². The summed E-state index contributed by atoms with van der Waals surface area (Å²) in [6, 6.07) is 4.90. The molecule has 0 radical (unpaired) electrons. The highest BCUT2D eigenvalue weighted by Gasteiger charge is 2.05. The third-order valence-corrected chi connectivity index (χ3v) is 1.52. The lowest BCUT2D eigenvalue weighted by Crippen LogP contribution is -1.98. The molecule has 0 bridgehead atoms. The van der Waals surface area contributed by atoms with Crippen molar-refractivity contribution in [2.75, 3.05) is 0 Å². The van der Waals surface area contributed by atoms with Gasteiger partial charge in [-0.15, -0.1) is 0 Å². The minimum Gasteiger partial charge on any atom is -0.740 e. The van der Waals surface area contributed by atoms with Gasteiger partial charge in [0.2, 0.25) is 0 Å². The van der Waals surface area contributed by atoms with Gasteiger partial charge in [-0.3, -0.25) is 10.1 Å². The summed E-state index contributed by atoms with van der Waals surface area (Å²) < 4.78 is 24.3. The molecule has 6 nitrogen and oxygen atoms in total. The molecule has 1 aromatic rings. The van der Waals surface area contributed by atoms with E-state index < -0.39 is 16.3 Å². The van der Waals surface area contributed by atoms with E-state index in [-0.39, 0.29) is 11.4 Å². The molecule has 0 saturated carbocycles. The summed E-state index contributed by atoms with van der Waals surface area (Å²) in [6.07, 6.45) is 0. The number of rotatable bonds is 3. The number of nitrogens with zero attached hydrogens (tertiary/aromatic N) is 1. The van der Waals surface area contributed by atoms with Crippen LogP contribution in [0.5, 0.6) is 5.75 Å². The first-order valence-corrected chi connectivity index (χ1v) is 4.11. The Labute approximate surface area is 75.8 Å². The molecule has 0 spiro atoms. The lowest BCUT2D eigenvalue weighted by Gasteiger charge is -2.05. The second kappa shape index (κ2) is 3.97. The van der Waals surface area contributed by atoms with Crippen LogP contribution in [0, 0.1) is 10.1 Å².